The molecule has 0 aliphatic carbocycles. The molecule has 0 aromatic carbocycles. The number of rotatable bonds is 7. The van der Waals surface area contributed by atoms with Crippen LogP contribution in [0.3, 0.4) is 0 Å². The molecule has 1 atom stereocenters. The number of hydrogen-bond donors (Lipinski definition) is 2. The minimum Gasteiger partial charge on any atom is -0.361 e. The summed E-state index contributed by atoms with van der Waals surface area (Å²) < 4.78 is 5.17. The minimum atomic E-state index is -0.473. The Bertz CT molecular complexity index is 926. The molecule has 0 radical (unpaired) electrons. The number of likely N-dealkylation sites (N-methyl/N-ethyl adjacent to an activating group) is 1. The van der Waals surface area contributed by atoms with Crippen LogP contribution < -0.4 is 10.6 Å². The highest BCUT2D eigenvalue weighted by molar-refractivity contribution is 7.98. The number of carbonyl (C=O) groups excluding carboxylic acids is 3. The molecule has 10 heteroatoms. The molecule has 3 heterocycles. The van der Waals surface area contributed by atoms with Crippen LogP contribution in [-0.4, -0.2) is 58.9 Å². The molecule has 1 saturated heterocycles. The third kappa shape index (κ3) is 4.81. The summed E-state index contributed by atoms with van der Waals surface area (Å²) in [5.74, 6) is 0.469. The van der Waals surface area contributed by atoms with Gasteiger partial charge in [-0.3, -0.25) is 14.4 Å². The van der Waals surface area contributed by atoms with E-state index in [1.54, 1.807) is 25.4 Å². The maximum atomic E-state index is 12.7. The number of thioether (sulfide) groups is 1. The maximum absolute atomic E-state index is 12.7. The van der Waals surface area contributed by atoms with Gasteiger partial charge in [0.15, 0.2) is 0 Å². The Morgan fingerprint density at radius 2 is 2.13 bits per heavy atom. The van der Waals surface area contributed by atoms with Gasteiger partial charge >= 0.3 is 0 Å². The molecule has 30 heavy (non-hydrogen) atoms. The number of hydrogen-bond acceptors (Lipinski definition) is 7. The van der Waals surface area contributed by atoms with Gasteiger partial charge < -0.3 is 20.1 Å². The largest absolute Gasteiger partial charge is 0.361 e. The van der Waals surface area contributed by atoms with Crippen LogP contribution in [0.15, 0.2) is 27.9 Å². The molecule has 0 bridgehead atoms. The van der Waals surface area contributed by atoms with Crippen LogP contribution in [0, 0.1) is 13.8 Å². The van der Waals surface area contributed by atoms with E-state index in [4.69, 9.17) is 4.52 Å². The number of amides is 3. The molecule has 0 saturated carbocycles. The first kappa shape index (κ1) is 21.8. The van der Waals surface area contributed by atoms with Gasteiger partial charge in [0.25, 0.3) is 5.91 Å². The lowest BCUT2D eigenvalue weighted by atomic mass is 10.2. The summed E-state index contributed by atoms with van der Waals surface area (Å²) in [7, 11) is 1.55. The van der Waals surface area contributed by atoms with Gasteiger partial charge in [0.1, 0.15) is 16.8 Å². The molecule has 9 nitrogen and oxygen atoms in total. The summed E-state index contributed by atoms with van der Waals surface area (Å²) in [6.45, 7) is 4.06. The number of nitrogens with zero attached hydrogens (tertiary/aromatic N) is 3. The lowest BCUT2D eigenvalue weighted by Gasteiger charge is -2.23. The average Bonchev–Trinajstić information content (AvgIpc) is 3.37. The lowest BCUT2D eigenvalue weighted by Crippen LogP contribution is -2.48. The van der Waals surface area contributed by atoms with Gasteiger partial charge in [0.2, 0.25) is 11.8 Å². The van der Waals surface area contributed by atoms with E-state index < -0.39 is 6.04 Å². The van der Waals surface area contributed by atoms with Gasteiger partial charge in [0.05, 0.1) is 17.8 Å². The van der Waals surface area contributed by atoms with E-state index in [-0.39, 0.29) is 24.3 Å². The Labute approximate surface area is 179 Å². The molecule has 0 spiro atoms. The molecule has 2 aromatic rings. The van der Waals surface area contributed by atoms with Crippen LogP contribution in [0.2, 0.25) is 0 Å². The van der Waals surface area contributed by atoms with Gasteiger partial charge in [-0.25, -0.2) is 4.98 Å². The number of likely N-dealkylation sites (tertiary alicyclic amines) is 1. The van der Waals surface area contributed by atoms with Crippen molar-refractivity contribution >= 4 is 29.5 Å². The Hall–Kier alpha value is -2.88. The monoisotopic (exact) mass is 431 g/mol. The van der Waals surface area contributed by atoms with Crippen LogP contribution in [0.4, 0.5) is 0 Å². The number of aromatic nitrogens is 2. The zero-order valence-corrected chi connectivity index (χ0v) is 18.0. The number of nitrogens with one attached hydrogen (secondary N) is 2. The van der Waals surface area contributed by atoms with Crippen LogP contribution >= 0.6 is 11.8 Å². The Balaban J connectivity index is 1.62. The number of carbonyl (C=O) groups is 3. The van der Waals surface area contributed by atoms with Crippen LogP contribution in [0.1, 0.15) is 40.2 Å². The fourth-order valence-electron chi connectivity index (χ4n) is 3.38. The first-order chi connectivity index (χ1) is 14.4. The molecular formula is C20H25N5O4S. The van der Waals surface area contributed by atoms with Crippen molar-refractivity contribution in [1.29, 1.82) is 0 Å². The van der Waals surface area contributed by atoms with E-state index >= 15 is 0 Å². The van der Waals surface area contributed by atoms with Crippen LogP contribution in [0.25, 0.3) is 0 Å². The molecule has 1 fully saturated rings. The van der Waals surface area contributed by atoms with Crippen LogP contribution in [-0.2, 0) is 15.3 Å². The molecule has 1 aliphatic rings. The predicted octanol–water partition coefficient (Wildman–Crippen LogP) is 1.45. The van der Waals surface area contributed by atoms with Crippen molar-refractivity contribution in [2.75, 3.05) is 20.1 Å². The minimum absolute atomic E-state index is 0.171. The molecule has 1 unspecified atom stereocenters. The van der Waals surface area contributed by atoms with E-state index in [9.17, 15) is 14.4 Å². The molecule has 2 aromatic heterocycles. The Morgan fingerprint density at radius 3 is 2.83 bits per heavy atom. The van der Waals surface area contributed by atoms with E-state index in [2.05, 4.69) is 20.8 Å². The number of aryl methyl sites for hydroxylation is 2. The highest BCUT2D eigenvalue weighted by atomic mass is 32.2. The average molecular weight is 432 g/mol. The Kier molecular flexibility index (Phi) is 7.09. The smallest absolute Gasteiger partial charge is 0.254 e. The summed E-state index contributed by atoms with van der Waals surface area (Å²) >= 11 is 1.41. The second-order valence-corrected chi connectivity index (χ2v) is 7.95. The van der Waals surface area contributed by atoms with E-state index in [0.29, 0.717) is 29.3 Å². The molecular weight excluding hydrogens is 406 g/mol. The highest BCUT2D eigenvalue weighted by Crippen LogP contribution is 2.27. The standard InChI is InChI=1S/C20H25N5O4S/c1-12-15(13(2)29-24-12)11-30-20-14(6-4-8-22-20)18(27)23-10-17(26)25-9-5-7-16(25)19(28)21-3/h4,6,8,16H,5,7,9-11H2,1-3H3,(H,21,28)(H,23,27). The van der Waals surface area contributed by atoms with Crippen molar-refractivity contribution in [2.45, 2.75) is 43.5 Å². The quantitative estimate of drug-likeness (QED) is 0.637. The fraction of sp³-hybridized carbons (Fsp3) is 0.450. The summed E-state index contributed by atoms with van der Waals surface area (Å²) in [6, 6.07) is 2.88. The first-order valence-electron chi connectivity index (χ1n) is 9.71. The normalized spacial score (nSPS) is 15.8. The summed E-state index contributed by atoms with van der Waals surface area (Å²) in [5.41, 5.74) is 2.18. The fourth-order valence-corrected chi connectivity index (χ4v) is 4.53. The third-order valence-corrected chi connectivity index (χ3v) is 6.10. The second-order valence-electron chi connectivity index (χ2n) is 6.99. The van der Waals surface area contributed by atoms with Gasteiger partial charge in [-0.15, -0.1) is 11.8 Å². The summed E-state index contributed by atoms with van der Waals surface area (Å²) in [4.78, 5) is 43.0. The molecule has 3 rings (SSSR count). The SMILES string of the molecule is CNC(=O)C1CCCN1C(=O)CNC(=O)c1cccnc1SCc1c(C)noc1C. The van der Waals surface area contributed by atoms with Crippen LogP contribution in [0.5, 0.6) is 0 Å². The first-order valence-corrected chi connectivity index (χ1v) is 10.7. The van der Waals surface area contributed by atoms with E-state index in [1.807, 2.05) is 13.8 Å². The third-order valence-electron chi connectivity index (χ3n) is 5.07. The lowest BCUT2D eigenvalue weighted by molar-refractivity contribution is -0.137. The van der Waals surface area contributed by atoms with Crippen molar-refractivity contribution < 1.29 is 18.9 Å². The number of pyridine rings is 1. The van der Waals surface area contributed by atoms with Gasteiger partial charge in [-0.05, 0) is 38.8 Å². The zero-order valence-electron chi connectivity index (χ0n) is 17.2. The zero-order chi connectivity index (χ0) is 21.7. The van der Waals surface area contributed by atoms with Crippen molar-refractivity contribution in [2.24, 2.45) is 0 Å². The maximum Gasteiger partial charge on any atom is 0.254 e. The topological polar surface area (TPSA) is 117 Å². The predicted molar refractivity (Wildman–Crippen MR) is 111 cm³/mol. The molecule has 3 amide bonds. The van der Waals surface area contributed by atoms with Crippen molar-refractivity contribution in [1.82, 2.24) is 25.7 Å². The van der Waals surface area contributed by atoms with Crippen molar-refractivity contribution in [3.63, 3.8) is 0 Å². The van der Waals surface area contributed by atoms with Gasteiger partial charge in [-0.1, -0.05) is 5.16 Å². The molecule has 160 valence electrons. The van der Waals surface area contributed by atoms with Crippen molar-refractivity contribution in [3.8, 4) is 0 Å². The summed E-state index contributed by atoms with van der Waals surface area (Å²) in [5, 5.41) is 9.74. The highest BCUT2D eigenvalue weighted by Gasteiger charge is 2.33. The van der Waals surface area contributed by atoms with Gasteiger partial charge in [-0.2, -0.15) is 0 Å². The second kappa shape index (κ2) is 9.75. The van der Waals surface area contributed by atoms with E-state index in [1.165, 1.54) is 16.7 Å². The van der Waals surface area contributed by atoms with Gasteiger partial charge in [0, 0.05) is 31.1 Å². The Morgan fingerprint density at radius 1 is 1.33 bits per heavy atom. The van der Waals surface area contributed by atoms with Crippen molar-refractivity contribution in [3.05, 3.63) is 40.9 Å². The summed E-state index contributed by atoms with van der Waals surface area (Å²) in [6.07, 6.45) is 3.02. The molecule has 1 aliphatic heterocycles. The molecule has 2 N–H and O–H groups in total. The van der Waals surface area contributed by atoms with E-state index in [0.717, 1.165) is 23.4 Å².